The highest BCUT2D eigenvalue weighted by Gasteiger charge is 2.15. The minimum atomic E-state index is -0.683. The van der Waals surface area contributed by atoms with Gasteiger partial charge in [0.05, 0.1) is 7.11 Å². The van der Waals surface area contributed by atoms with Crippen LogP contribution < -0.4 is 9.47 Å². The number of methoxy groups -OCH3 is 1. The number of oxazole rings is 1. The van der Waals surface area contributed by atoms with E-state index in [4.69, 9.17) is 13.9 Å². The predicted molar refractivity (Wildman–Crippen MR) is 90.3 cm³/mol. The first-order valence-electron chi connectivity index (χ1n) is 7.13. The number of aromatic nitrogens is 1. The summed E-state index contributed by atoms with van der Waals surface area (Å²) < 4.78 is 22.1. The minimum Gasteiger partial charge on any atom is -0.479 e. The smallest absolute Gasteiger partial charge is 0.400 e. The van der Waals surface area contributed by atoms with E-state index in [9.17, 15) is 4.79 Å². The van der Waals surface area contributed by atoms with Crippen molar-refractivity contribution < 1.29 is 23.4 Å². The molecule has 0 N–H and O–H groups in total. The molecule has 1 aromatic heterocycles. The molecule has 2 aromatic carbocycles. The number of halogens is 1. The summed E-state index contributed by atoms with van der Waals surface area (Å²) in [5, 5.41) is 0. The van der Waals surface area contributed by atoms with E-state index in [1.807, 2.05) is 18.2 Å². The molecule has 0 radical (unpaired) electrons. The zero-order valence-corrected chi connectivity index (χ0v) is 14.6. The molecule has 6 nitrogen and oxygen atoms in total. The van der Waals surface area contributed by atoms with Gasteiger partial charge in [-0.1, -0.05) is 15.9 Å². The highest BCUT2D eigenvalue weighted by atomic mass is 79.9. The van der Waals surface area contributed by atoms with Gasteiger partial charge in [-0.05, 0) is 49.4 Å². The van der Waals surface area contributed by atoms with Crippen LogP contribution in [0.1, 0.15) is 6.92 Å². The molecule has 7 heteroatoms. The number of carbonyl (C=O) groups is 1. The van der Waals surface area contributed by atoms with Crippen molar-refractivity contribution in [3.8, 4) is 17.6 Å². The Morgan fingerprint density at radius 2 is 1.88 bits per heavy atom. The normalized spacial score (nSPS) is 12.0. The molecule has 1 heterocycles. The van der Waals surface area contributed by atoms with Crippen LogP contribution in [0.3, 0.4) is 0 Å². The van der Waals surface area contributed by atoms with Crippen molar-refractivity contribution in [2.45, 2.75) is 13.0 Å². The Bertz CT molecular complexity index is 859. The van der Waals surface area contributed by atoms with Crippen molar-refractivity contribution in [2.75, 3.05) is 7.11 Å². The molecule has 0 bridgehead atoms. The molecule has 0 saturated carbocycles. The molecule has 1 atom stereocenters. The van der Waals surface area contributed by atoms with Gasteiger partial charge < -0.3 is 18.6 Å². The SMILES string of the molecule is COC(=O)C(C)Oc1ccc(Oc2nc3ccc(Br)cc3o2)cc1. The van der Waals surface area contributed by atoms with Crippen molar-refractivity contribution in [3.63, 3.8) is 0 Å². The van der Waals surface area contributed by atoms with Crippen LogP contribution in [-0.2, 0) is 9.53 Å². The molecule has 0 aliphatic rings. The maximum absolute atomic E-state index is 11.3. The summed E-state index contributed by atoms with van der Waals surface area (Å²) in [6.07, 6.45) is -0.531. The zero-order chi connectivity index (χ0) is 17.1. The average Bonchev–Trinajstić information content (AvgIpc) is 2.97. The fourth-order valence-electron chi connectivity index (χ4n) is 2.03. The molecule has 3 rings (SSSR count). The first-order valence-corrected chi connectivity index (χ1v) is 7.93. The van der Waals surface area contributed by atoms with Gasteiger partial charge in [-0.3, -0.25) is 0 Å². The van der Waals surface area contributed by atoms with Gasteiger partial charge in [0, 0.05) is 4.47 Å². The maximum atomic E-state index is 11.3. The zero-order valence-electron chi connectivity index (χ0n) is 13.0. The summed E-state index contributed by atoms with van der Waals surface area (Å²) in [6.45, 7) is 1.62. The fraction of sp³-hybridized carbons (Fsp3) is 0.176. The van der Waals surface area contributed by atoms with E-state index in [1.165, 1.54) is 7.11 Å². The monoisotopic (exact) mass is 391 g/mol. The summed E-state index contributed by atoms with van der Waals surface area (Å²) in [7, 11) is 1.32. The molecule has 0 aliphatic carbocycles. The highest BCUT2D eigenvalue weighted by Crippen LogP contribution is 2.28. The summed E-state index contributed by atoms with van der Waals surface area (Å²) in [5.41, 5.74) is 1.34. The highest BCUT2D eigenvalue weighted by molar-refractivity contribution is 9.10. The number of rotatable bonds is 5. The average molecular weight is 392 g/mol. The Balaban J connectivity index is 1.70. The van der Waals surface area contributed by atoms with Gasteiger partial charge in [0.1, 0.15) is 17.0 Å². The van der Waals surface area contributed by atoms with Crippen molar-refractivity contribution >= 4 is 33.0 Å². The molecule has 3 aromatic rings. The second-order valence-corrected chi connectivity index (χ2v) is 5.86. The topological polar surface area (TPSA) is 70.8 Å². The molecular formula is C17H14BrNO5. The molecule has 124 valence electrons. The van der Waals surface area contributed by atoms with Gasteiger partial charge in [-0.2, -0.15) is 4.98 Å². The van der Waals surface area contributed by atoms with Crippen LogP contribution in [0.25, 0.3) is 11.1 Å². The van der Waals surface area contributed by atoms with E-state index < -0.39 is 12.1 Å². The van der Waals surface area contributed by atoms with Crippen molar-refractivity contribution in [1.29, 1.82) is 0 Å². The Labute approximate surface area is 146 Å². The van der Waals surface area contributed by atoms with E-state index in [-0.39, 0.29) is 6.08 Å². The van der Waals surface area contributed by atoms with Crippen LogP contribution in [-0.4, -0.2) is 24.2 Å². The van der Waals surface area contributed by atoms with Crippen LogP contribution in [0.5, 0.6) is 17.6 Å². The lowest BCUT2D eigenvalue weighted by atomic mass is 10.3. The number of hydrogen-bond donors (Lipinski definition) is 0. The number of ether oxygens (including phenoxy) is 3. The van der Waals surface area contributed by atoms with Gasteiger partial charge in [0.25, 0.3) is 0 Å². The molecular weight excluding hydrogens is 378 g/mol. The number of esters is 1. The molecule has 0 fully saturated rings. The molecule has 1 unspecified atom stereocenters. The molecule has 0 amide bonds. The number of fused-ring (bicyclic) bond motifs is 1. The standard InChI is InChI=1S/C17H14BrNO5/c1-10(16(20)21-2)22-12-4-6-13(7-5-12)23-17-19-14-8-3-11(18)9-15(14)24-17/h3-10H,1-2H3. The lowest BCUT2D eigenvalue weighted by molar-refractivity contribution is -0.147. The number of nitrogens with zero attached hydrogens (tertiary/aromatic N) is 1. The van der Waals surface area contributed by atoms with Crippen LogP contribution >= 0.6 is 15.9 Å². The van der Waals surface area contributed by atoms with Crippen LogP contribution in [0.4, 0.5) is 0 Å². The summed E-state index contributed by atoms with van der Waals surface area (Å²) >= 11 is 3.38. The van der Waals surface area contributed by atoms with E-state index in [0.717, 1.165) is 4.47 Å². The van der Waals surface area contributed by atoms with Crippen LogP contribution in [0.15, 0.2) is 51.4 Å². The lowest BCUT2D eigenvalue weighted by Gasteiger charge is -2.12. The molecule has 0 aliphatic heterocycles. The van der Waals surface area contributed by atoms with E-state index >= 15 is 0 Å². The number of benzene rings is 2. The summed E-state index contributed by atoms with van der Waals surface area (Å²) in [4.78, 5) is 15.6. The largest absolute Gasteiger partial charge is 0.479 e. The Morgan fingerprint density at radius 1 is 1.17 bits per heavy atom. The summed E-state index contributed by atoms with van der Waals surface area (Å²) in [5.74, 6) is 0.633. The second-order valence-electron chi connectivity index (χ2n) is 4.95. The third kappa shape index (κ3) is 3.68. The minimum absolute atomic E-state index is 0.152. The van der Waals surface area contributed by atoms with Crippen LogP contribution in [0.2, 0.25) is 0 Å². The van der Waals surface area contributed by atoms with Crippen LogP contribution in [0, 0.1) is 0 Å². The van der Waals surface area contributed by atoms with Gasteiger partial charge in [-0.25, -0.2) is 4.79 Å². The number of hydrogen-bond acceptors (Lipinski definition) is 6. The van der Waals surface area contributed by atoms with Gasteiger partial charge >= 0.3 is 12.0 Å². The van der Waals surface area contributed by atoms with E-state index in [1.54, 1.807) is 31.2 Å². The fourth-order valence-corrected chi connectivity index (χ4v) is 2.37. The van der Waals surface area contributed by atoms with Crippen molar-refractivity contribution in [2.24, 2.45) is 0 Å². The second kappa shape index (κ2) is 6.92. The van der Waals surface area contributed by atoms with Crippen molar-refractivity contribution in [3.05, 3.63) is 46.9 Å². The maximum Gasteiger partial charge on any atom is 0.400 e. The molecule has 24 heavy (non-hydrogen) atoms. The van der Waals surface area contributed by atoms with Gasteiger partial charge in [0.15, 0.2) is 11.7 Å². The Morgan fingerprint density at radius 3 is 2.58 bits per heavy atom. The van der Waals surface area contributed by atoms with E-state index in [2.05, 4.69) is 25.7 Å². The van der Waals surface area contributed by atoms with Gasteiger partial charge in [-0.15, -0.1) is 0 Å². The molecule has 0 saturated heterocycles. The third-order valence-electron chi connectivity index (χ3n) is 3.21. The Kier molecular flexibility index (Phi) is 4.71. The predicted octanol–water partition coefficient (Wildman–Crippen LogP) is 4.32. The Hall–Kier alpha value is -2.54. The lowest BCUT2D eigenvalue weighted by Crippen LogP contribution is -2.24. The van der Waals surface area contributed by atoms with Crippen molar-refractivity contribution in [1.82, 2.24) is 4.98 Å². The van der Waals surface area contributed by atoms with Gasteiger partial charge in [0.2, 0.25) is 0 Å². The first-order chi connectivity index (χ1) is 11.5. The first kappa shape index (κ1) is 16.3. The van der Waals surface area contributed by atoms with E-state index in [0.29, 0.717) is 22.6 Å². The third-order valence-corrected chi connectivity index (χ3v) is 3.70. The summed E-state index contributed by atoms with van der Waals surface area (Å²) in [6, 6.07) is 12.3. The molecule has 0 spiro atoms. The number of carbonyl (C=O) groups excluding carboxylic acids is 1. The quantitative estimate of drug-likeness (QED) is 0.603.